The Hall–Kier alpha value is -1.38. The van der Waals surface area contributed by atoms with Gasteiger partial charge in [-0.15, -0.1) is 0 Å². The molecule has 1 fully saturated rings. The SMILES string of the molecule is N[C@H]1C[C@@H]1c1ccc(-c2cccc(Cl)c2)nc1. The Kier molecular flexibility index (Phi) is 2.61. The number of pyridine rings is 1. The van der Waals surface area contributed by atoms with Crippen molar-refractivity contribution >= 4 is 11.6 Å². The molecule has 0 saturated heterocycles. The van der Waals surface area contributed by atoms with E-state index in [0.717, 1.165) is 22.7 Å². The van der Waals surface area contributed by atoms with Crippen molar-refractivity contribution in [2.75, 3.05) is 0 Å². The molecule has 0 unspecified atom stereocenters. The van der Waals surface area contributed by atoms with E-state index in [4.69, 9.17) is 17.3 Å². The summed E-state index contributed by atoms with van der Waals surface area (Å²) in [5.74, 6) is 0.510. The summed E-state index contributed by atoms with van der Waals surface area (Å²) in [7, 11) is 0. The van der Waals surface area contributed by atoms with Gasteiger partial charge in [0, 0.05) is 28.7 Å². The van der Waals surface area contributed by atoms with Crippen molar-refractivity contribution in [2.24, 2.45) is 5.73 Å². The lowest BCUT2D eigenvalue weighted by Gasteiger charge is -2.03. The first-order valence-electron chi connectivity index (χ1n) is 5.71. The maximum absolute atomic E-state index is 5.96. The topological polar surface area (TPSA) is 38.9 Å². The van der Waals surface area contributed by atoms with E-state index in [0.29, 0.717) is 12.0 Å². The van der Waals surface area contributed by atoms with E-state index in [1.807, 2.05) is 36.5 Å². The molecule has 1 aliphatic rings. The van der Waals surface area contributed by atoms with Gasteiger partial charge in [0.05, 0.1) is 5.69 Å². The molecule has 2 N–H and O–H groups in total. The zero-order chi connectivity index (χ0) is 11.8. The van der Waals surface area contributed by atoms with Gasteiger partial charge < -0.3 is 5.73 Å². The molecule has 0 spiro atoms. The molecule has 1 aromatic carbocycles. The minimum absolute atomic E-state index is 0.328. The first-order valence-corrected chi connectivity index (χ1v) is 6.09. The minimum atomic E-state index is 0.328. The third-order valence-electron chi connectivity index (χ3n) is 3.17. The molecule has 3 heteroatoms. The maximum Gasteiger partial charge on any atom is 0.0702 e. The van der Waals surface area contributed by atoms with Gasteiger partial charge in [-0.25, -0.2) is 0 Å². The zero-order valence-electron chi connectivity index (χ0n) is 9.31. The van der Waals surface area contributed by atoms with Crippen LogP contribution in [0.3, 0.4) is 0 Å². The highest BCUT2D eigenvalue weighted by Gasteiger charge is 2.34. The number of hydrogen-bond donors (Lipinski definition) is 1. The fourth-order valence-corrected chi connectivity index (χ4v) is 2.23. The molecule has 17 heavy (non-hydrogen) atoms. The summed E-state index contributed by atoms with van der Waals surface area (Å²) in [6, 6.07) is 12.2. The van der Waals surface area contributed by atoms with Crippen LogP contribution in [0.25, 0.3) is 11.3 Å². The van der Waals surface area contributed by atoms with Gasteiger partial charge in [-0.3, -0.25) is 4.98 Å². The van der Waals surface area contributed by atoms with Gasteiger partial charge in [-0.05, 0) is 30.2 Å². The Morgan fingerprint density at radius 2 is 2.06 bits per heavy atom. The van der Waals surface area contributed by atoms with Crippen LogP contribution in [0, 0.1) is 0 Å². The van der Waals surface area contributed by atoms with Crippen molar-refractivity contribution in [3.8, 4) is 11.3 Å². The van der Waals surface area contributed by atoms with Crippen LogP contribution in [-0.4, -0.2) is 11.0 Å². The summed E-state index contributed by atoms with van der Waals surface area (Å²) < 4.78 is 0. The monoisotopic (exact) mass is 244 g/mol. The van der Waals surface area contributed by atoms with E-state index >= 15 is 0 Å². The van der Waals surface area contributed by atoms with Crippen LogP contribution < -0.4 is 5.73 Å². The van der Waals surface area contributed by atoms with Crippen molar-refractivity contribution in [1.82, 2.24) is 4.98 Å². The molecule has 0 bridgehead atoms. The molecule has 1 aromatic heterocycles. The molecule has 86 valence electrons. The number of hydrogen-bond acceptors (Lipinski definition) is 2. The second-order valence-corrected chi connectivity index (χ2v) is 4.93. The van der Waals surface area contributed by atoms with Crippen molar-refractivity contribution in [2.45, 2.75) is 18.4 Å². The highest BCUT2D eigenvalue weighted by Crippen LogP contribution is 2.38. The summed E-state index contributed by atoms with van der Waals surface area (Å²) in [5, 5.41) is 0.734. The molecule has 2 nitrogen and oxygen atoms in total. The normalized spacial score (nSPS) is 22.5. The molecule has 1 aliphatic carbocycles. The van der Waals surface area contributed by atoms with Gasteiger partial charge in [0.1, 0.15) is 0 Å². The maximum atomic E-state index is 5.96. The second kappa shape index (κ2) is 4.13. The van der Waals surface area contributed by atoms with Crippen LogP contribution in [0.5, 0.6) is 0 Å². The molecule has 2 aromatic rings. The number of nitrogens with zero attached hydrogens (tertiary/aromatic N) is 1. The van der Waals surface area contributed by atoms with Crippen LogP contribution >= 0.6 is 11.6 Å². The number of nitrogens with two attached hydrogens (primary N) is 1. The van der Waals surface area contributed by atoms with Crippen LogP contribution in [-0.2, 0) is 0 Å². The van der Waals surface area contributed by atoms with Gasteiger partial charge in [-0.1, -0.05) is 29.8 Å². The summed E-state index contributed by atoms with van der Waals surface area (Å²) in [4.78, 5) is 4.47. The van der Waals surface area contributed by atoms with E-state index in [-0.39, 0.29) is 0 Å². The minimum Gasteiger partial charge on any atom is -0.327 e. The molecule has 0 radical (unpaired) electrons. The lowest BCUT2D eigenvalue weighted by Crippen LogP contribution is -2.01. The highest BCUT2D eigenvalue weighted by molar-refractivity contribution is 6.30. The summed E-state index contributed by atoms with van der Waals surface area (Å²) in [6.07, 6.45) is 3.01. The molecule has 2 atom stereocenters. The lowest BCUT2D eigenvalue weighted by atomic mass is 10.1. The molecule has 1 heterocycles. The zero-order valence-corrected chi connectivity index (χ0v) is 10.1. The van der Waals surface area contributed by atoms with E-state index in [1.54, 1.807) is 0 Å². The molecular formula is C14H13ClN2. The average molecular weight is 245 g/mol. The smallest absolute Gasteiger partial charge is 0.0702 e. The molecular weight excluding hydrogens is 232 g/mol. The summed E-state index contributed by atoms with van der Waals surface area (Å²) in [6.45, 7) is 0. The number of rotatable bonds is 2. The van der Waals surface area contributed by atoms with Gasteiger partial charge >= 0.3 is 0 Å². The lowest BCUT2D eigenvalue weighted by molar-refractivity contribution is 0.981. The quantitative estimate of drug-likeness (QED) is 0.881. The third-order valence-corrected chi connectivity index (χ3v) is 3.41. The predicted molar refractivity (Wildman–Crippen MR) is 70.0 cm³/mol. The van der Waals surface area contributed by atoms with Crippen molar-refractivity contribution < 1.29 is 0 Å². The number of aromatic nitrogens is 1. The Labute approximate surface area is 105 Å². The standard InChI is InChI=1S/C14H13ClN2/c15-11-3-1-2-9(6-11)14-5-4-10(8-17-14)12-7-13(12)16/h1-6,8,12-13H,7,16H2/t12-,13+/m1/s1. The molecule has 3 rings (SSSR count). The van der Waals surface area contributed by atoms with Crippen LogP contribution in [0.4, 0.5) is 0 Å². The first-order chi connectivity index (χ1) is 8.24. The van der Waals surface area contributed by atoms with Crippen molar-refractivity contribution in [1.29, 1.82) is 0 Å². The Morgan fingerprint density at radius 3 is 2.65 bits per heavy atom. The summed E-state index contributed by atoms with van der Waals surface area (Å²) >= 11 is 5.96. The Balaban J connectivity index is 1.89. The number of halogens is 1. The third kappa shape index (κ3) is 2.19. The first kappa shape index (κ1) is 10.8. The Morgan fingerprint density at radius 1 is 1.24 bits per heavy atom. The van der Waals surface area contributed by atoms with Gasteiger partial charge in [0.25, 0.3) is 0 Å². The van der Waals surface area contributed by atoms with Gasteiger partial charge in [0.2, 0.25) is 0 Å². The highest BCUT2D eigenvalue weighted by atomic mass is 35.5. The van der Waals surface area contributed by atoms with Crippen LogP contribution in [0.2, 0.25) is 5.02 Å². The van der Waals surface area contributed by atoms with Gasteiger partial charge in [-0.2, -0.15) is 0 Å². The van der Waals surface area contributed by atoms with E-state index in [2.05, 4.69) is 11.1 Å². The predicted octanol–water partition coefficient (Wildman–Crippen LogP) is 3.22. The largest absolute Gasteiger partial charge is 0.327 e. The second-order valence-electron chi connectivity index (χ2n) is 4.49. The molecule has 0 amide bonds. The van der Waals surface area contributed by atoms with Crippen LogP contribution in [0.1, 0.15) is 17.9 Å². The fraction of sp³-hybridized carbons (Fsp3) is 0.214. The number of benzene rings is 1. The van der Waals surface area contributed by atoms with Crippen molar-refractivity contribution in [3.63, 3.8) is 0 Å². The molecule has 0 aliphatic heterocycles. The van der Waals surface area contributed by atoms with E-state index < -0.39 is 0 Å². The summed E-state index contributed by atoms with van der Waals surface area (Å²) in [5.41, 5.74) is 9.06. The van der Waals surface area contributed by atoms with Gasteiger partial charge in [0.15, 0.2) is 0 Å². The molecule has 1 saturated carbocycles. The van der Waals surface area contributed by atoms with E-state index in [9.17, 15) is 0 Å². The average Bonchev–Trinajstić information content (AvgIpc) is 3.07. The van der Waals surface area contributed by atoms with Crippen molar-refractivity contribution in [3.05, 3.63) is 53.2 Å². The van der Waals surface area contributed by atoms with Crippen LogP contribution in [0.15, 0.2) is 42.6 Å². The van der Waals surface area contributed by atoms with E-state index in [1.165, 1.54) is 5.56 Å². The Bertz CT molecular complexity index is 536. The fourth-order valence-electron chi connectivity index (χ4n) is 2.04.